The molecule has 98 valence electrons. The van der Waals surface area contributed by atoms with E-state index in [1.54, 1.807) is 12.1 Å². The first kappa shape index (κ1) is 14.2. The van der Waals surface area contributed by atoms with Crippen molar-refractivity contribution in [1.82, 2.24) is 10.3 Å². The minimum Gasteiger partial charge on any atom is -0.370 e. The lowest BCUT2D eigenvalue weighted by Gasteiger charge is -2.11. The van der Waals surface area contributed by atoms with Gasteiger partial charge in [0.2, 0.25) is 5.91 Å². The highest BCUT2D eigenvalue weighted by molar-refractivity contribution is 6.33. The maximum Gasteiger partial charge on any atom is 0.272 e. The van der Waals surface area contributed by atoms with Crippen molar-refractivity contribution in [3.8, 4) is 0 Å². The van der Waals surface area contributed by atoms with Crippen LogP contribution in [0.15, 0.2) is 12.1 Å². The molecular weight excluding hydrogens is 256 g/mol. The Bertz CT molecular complexity index is 464. The molecule has 4 N–H and O–H groups in total. The van der Waals surface area contributed by atoms with E-state index in [1.165, 1.54) is 6.92 Å². The molecule has 6 nitrogen and oxygen atoms in total. The van der Waals surface area contributed by atoms with E-state index in [2.05, 4.69) is 15.6 Å². The van der Waals surface area contributed by atoms with Crippen molar-refractivity contribution in [2.45, 2.75) is 19.9 Å². The number of nitrogens with one attached hydrogen (secondary N) is 2. The molecule has 1 unspecified atom stereocenters. The number of halogens is 1. The summed E-state index contributed by atoms with van der Waals surface area (Å²) in [6.07, 6.45) is 0. The third-order valence-corrected chi connectivity index (χ3v) is 2.50. The third-order valence-electron chi connectivity index (χ3n) is 2.19. The Kier molecular flexibility index (Phi) is 4.91. The lowest BCUT2D eigenvalue weighted by molar-refractivity contribution is -0.119. The zero-order valence-electron chi connectivity index (χ0n) is 10.2. The summed E-state index contributed by atoms with van der Waals surface area (Å²) in [7, 11) is 0. The molecule has 2 amide bonds. The molecule has 0 saturated carbocycles. The summed E-state index contributed by atoms with van der Waals surface area (Å²) in [4.78, 5) is 26.8. The van der Waals surface area contributed by atoms with Crippen LogP contribution in [0.1, 0.15) is 24.3 Å². The van der Waals surface area contributed by atoms with Crippen LogP contribution in [0.25, 0.3) is 0 Å². The van der Waals surface area contributed by atoms with Crippen molar-refractivity contribution in [1.29, 1.82) is 0 Å². The van der Waals surface area contributed by atoms with Gasteiger partial charge in [0.15, 0.2) is 0 Å². The molecule has 0 radical (unpaired) electrons. The molecule has 0 spiro atoms. The fourth-order valence-corrected chi connectivity index (χ4v) is 1.41. The Balaban J connectivity index is 2.90. The maximum absolute atomic E-state index is 11.8. The van der Waals surface area contributed by atoms with Crippen LogP contribution in [-0.4, -0.2) is 29.4 Å². The summed E-state index contributed by atoms with van der Waals surface area (Å²) in [6, 6.07) is 2.45. The van der Waals surface area contributed by atoms with Gasteiger partial charge in [-0.15, -0.1) is 0 Å². The number of nitrogens with two attached hydrogens (primary N) is 1. The average molecular weight is 271 g/mol. The van der Waals surface area contributed by atoms with Crippen LogP contribution >= 0.6 is 11.6 Å². The predicted octanol–water partition coefficient (Wildman–Crippen LogP) is 0.770. The number of carbonyl (C=O) groups excluding carboxylic acids is 2. The molecule has 0 aliphatic carbocycles. The van der Waals surface area contributed by atoms with Crippen LogP contribution in [0.3, 0.4) is 0 Å². The monoisotopic (exact) mass is 270 g/mol. The molecule has 7 heteroatoms. The molecule has 0 aliphatic heterocycles. The van der Waals surface area contributed by atoms with Gasteiger partial charge in [-0.1, -0.05) is 11.6 Å². The standard InChI is InChI=1S/C11H15ClN4O2/c1-3-14-8-5-4-7(12)9(16-8)11(18)15-6(2)10(13)17/h4-6H,3H2,1-2H3,(H2,13,17)(H,14,16)(H,15,18). The molecular formula is C11H15ClN4O2. The molecule has 0 aromatic carbocycles. The minimum atomic E-state index is -0.779. The van der Waals surface area contributed by atoms with Crippen molar-refractivity contribution < 1.29 is 9.59 Å². The van der Waals surface area contributed by atoms with E-state index in [9.17, 15) is 9.59 Å². The smallest absolute Gasteiger partial charge is 0.272 e. The first-order valence-corrected chi connectivity index (χ1v) is 5.84. The van der Waals surface area contributed by atoms with E-state index in [0.717, 1.165) is 0 Å². The van der Waals surface area contributed by atoms with Crippen LogP contribution in [0.2, 0.25) is 5.02 Å². The van der Waals surface area contributed by atoms with E-state index < -0.39 is 17.9 Å². The van der Waals surface area contributed by atoms with Crippen LogP contribution in [-0.2, 0) is 4.79 Å². The van der Waals surface area contributed by atoms with Crippen LogP contribution in [0.4, 0.5) is 5.82 Å². The summed E-state index contributed by atoms with van der Waals surface area (Å²) >= 11 is 5.89. The van der Waals surface area contributed by atoms with Crippen LogP contribution in [0, 0.1) is 0 Å². The van der Waals surface area contributed by atoms with Gasteiger partial charge in [0.05, 0.1) is 5.02 Å². The highest BCUT2D eigenvalue weighted by Gasteiger charge is 2.17. The van der Waals surface area contributed by atoms with Gasteiger partial charge in [-0.2, -0.15) is 0 Å². The number of carbonyl (C=O) groups is 2. The Morgan fingerprint density at radius 2 is 2.17 bits per heavy atom. The van der Waals surface area contributed by atoms with Crippen molar-refractivity contribution in [2.75, 3.05) is 11.9 Å². The van der Waals surface area contributed by atoms with Crippen molar-refractivity contribution in [2.24, 2.45) is 5.73 Å². The second-order valence-electron chi connectivity index (χ2n) is 3.65. The molecule has 0 saturated heterocycles. The number of hydrogen-bond acceptors (Lipinski definition) is 4. The molecule has 18 heavy (non-hydrogen) atoms. The highest BCUT2D eigenvalue weighted by Crippen LogP contribution is 2.16. The first-order valence-electron chi connectivity index (χ1n) is 5.46. The average Bonchev–Trinajstić information content (AvgIpc) is 2.31. The first-order chi connectivity index (χ1) is 8.45. The lowest BCUT2D eigenvalue weighted by Crippen LogP contribution is -2.42. The van der Waals surface area contributed by atoms with Gasteiger partial charge in [-0.05, 0) is 26.0 Å². The molecule has 1 aromatic heterocycles. The summed E-state index contributed by atoms with van der Waals surface area (Å²) in [5.41, 5.74) is 5.12. The predicted molar refractivity (Wildman–Crippen MR) is 69.5 cm³/mol. The number of nitrogens with zero attached hydrogens (tertiary/aromatic N) is 1. The van der Waals surface area contributed by atoms with E-state index in [-0.39, 0.29) is 10.7 Å². The quantitative estimate of drug-likeness (QED) is 0.736. The maximum atomic E-state index is 11.8. The number of primary amides is 1. The Morgan fingerprint density at radius 3 is 2.72 bits per heavy atom. The topological polar surface area (TPSA) is 97.1 Å². The van der Waals surface area contributed by atoms with Crippen molar-refractivity contribution in [3.63, 3.8) is 0 Å². The summed E-state index contributed by atoms with van der Waals surface area (Å²) in [6.45, 7) is 4.07. The fraction of sp³-hybridized carbons (Fsp3) is 0.364. The molecule has 1 rings (SSSR count). The number of aromatic nitrogens is 1. The van der Waals surface area contributed by atoms with Gasteiger partial charge in [0.1, 0.15) is 17.6 Å². The summed E-state index contributed by atoms with van der Waals surface area (Å²) < 4.78 is 0. The second-order valence-corrected chi connectivity index (χ2v) is 4.06. The molecule has 0 fully saturated rings. The Hall–Kier alpha value is -1.82. The van der Waals surface area contributed by atoms with E-state index in [4.69, 9.17) is 17.3 Å². The number of pyridine rings is 1. The molecule has 1 heterocycles. The zero-order chi connectivity index (χ0) is 13.7. The Labute approximate surface area is 110 Å². The van der Waals surface area contributed by atoms with E-state index in [0.29, 0.717) is 12.4 Å². The molecule has 1 aromatic rings. The summed E-state index contributed by atoms with van der Waals surface area (Å²) in [5.74, 6) is -0.618. The number of rotatable bonds is 5. The van der Waals surface area contributed by atoms with E-state index in [1.807, 2.05) is 6.92 Å². The minimum absolute atomic E-state index is 0.0585. The summed E-state index contributed by atoms with van der Waals surface area (Å²) in [5, 5.41) is 5.60. The molecule has 0 aliphatic rings. The molecule has 0 bridgehead atoms. The number of anilines is 1. The second kappa shape index (κ2) is 6.20. The van der Waals surface area contributed by atoms with E-state index >= 15 is 0 Å². The van der Waals surface area contributed by atoms with Gasteiger partial charge in [0, 0.05) is 6.54 Å². The number of amides is 2. The fourth-order valence-electron chi connectivity index (χ4n) is 1.22. The third kappa shape index (κ3) is 3.59. The highest BCUT2D eigenvalue weighted by atomic mass is 35.5. The Morgan fingerprint density at radius 1 is 1.50 bits per heavy atom. The lowest BCUT2D eigenvalue weighted by atomic mass is 10.2. The largest absolute Gasteiger partial charge is 0.370 e. The SMILES string of the molecule is CCNc1ccc(Cl)c(C(=O)NC(C)C(N)=O)n1. The van der Waals surface area contributed by atoms with Gasteiger partial charge in [-0.3, -0.25) is 9.59 Å². The normalized spacial score (nSPS) is 11.7. The zero-order valence-corrected chi connectivity index (χ0v) is 10.9. The van der Waals surface area contributed by atoms with Gasteiger partial charge < -0.3 is 16.4 Å². The van der Waals surface area contributed by atoms with Gasteiger partial charge in [0.25, 0.3) is 5.91 Å². The molecule has 1 atom stereocenters. The van der Waals surface area contributed by atoms with Gasteiger partial charge in [-0.25, -0.2) is 4.98 Å². The van der Waals surface area contributed by atoms with Crippen molar-refractivity contribution >= 4 is 29.2 Å². The van der Waals surface area contributed by atoms with Crippen molar-refractivity contribution in [3.05, 3.63) is 22.8 Å². The van der Waals surface area contributed by atoms with Crippen LogP contribution < -0.4 is 16.4 Å². The number of hydrogen-bond donors (Lipinski definition) is 3. The van der Waals surface area contributed by atoms with Crippen LogP contribution in [0.5, 0.6) is 0 Å². The van der Waals surface area contributed by atoms with Gasteiger partial charge >= 0.3 is 0 Å².